The van der Waals surface area contributed by atoms with Gasteiger partial charge in [0.15, 0.2) is 0 Å². The van der Waals surface area contributed by atoms with Crippen molar-refractivity contribution in [1.29, 1.82) is 0 Å². The van der Waals surface area contributed by atoms with Crippen molar-refractivity contribution in [2.45, 2.75) is 19.8 Å². The molecule has 1 amide bonds. The number of fused-ring (bicyclic) bond motifs is 2. The first kappa shape index (κ1) is 17.6. The van der Waals surface area contributed by atoms with Crippen LogP contribution in [0, 0.1) is 5.92 Å². The van der Waals surface area contributed by atoms with Crippen LogP contribution in [-0.4, -0.2) is 41.6 Å². The van der Waals surface area contributed by atoms with Crippen molar-refractivity contribution in [3.8, 4) is 0 Å². The molecular weight excluding hydrogens is 336 g/mol. The maximum Gasteiger partial charge on any atom is 0.254 e. The van der Waals surface area contributed by atoms with Crippen LogP contribution in [-0.2, 0) is 4.79 Å². The molecule has 27 heavy (non-hydrogen) atoms. The number of likely N-dealkylation sites (tertiary alicyclic amines) is 1. The van der Waals surface area contributed by atoms with Crippen LogP contribution in [0.5, 0.6) is 0 Å². The Hall–Kier alpha value is -2.79. The van der Waals surface area contributed by atoms with E-state index in [1.807, 2.05) is 48.5 Å². The van der Waals surface area contributed by atoms with Crippen molar-refractivity contribution in [3.63, 3.8) is 0 Å². The quantitative estimate of drug-likeness (QED) is 0.440. The summed E-state index contributed by atoms with van der Waals surface area (Å²) in [6, 6.07) is 16.0. The van der Waals surface area contributed by atoms with Gasteiger partial charge in [0.2, 0.25) is 0 Å². The van der Waals surface area contributed by atoms with Gasteiger partial charge in [0.1, 0.15) is 0 Å². The lowest BCUT2D eigenvalue weighted by atomic mass is 9.99. The number of amides is 1. The third-order valence-electron chi connectivity index (χ3n) is 5.26. The molecule has 0 spiro atoms. The summed E-state index contributed by atoms with van der Waals surface area (Å²) in [6.07, 6.45) is 4.06. The summed E-state index contributed by atoms with van der Waals surface area (Å²) in [5.41, 5.74) is 5.51. The highest BCUT2D eigenvalue weighted by Crippen LogP contribution is 2.24. The number of carbonyl (C=O) groups is 1. The molecule has 5 nitrogen and oxygen atoms in total. The first-order chi connectivity index (χ1) is 13.2. The first-order valence-electron chi connectivity index (χ1n) is 9.52. The summed E-state index contributed by atoms with van der Waals surface area (Å²) in [5, 5.41) is 6.30. The number of hydrogen-bond acceptors (Lipinski definition) is 4. The normalized spacial score (nSPS) is 16.3. The summed E-state index contributed by atoms with van der Waals surface area (Å²) in [4.78, 5) is 19.1. The van der Waals surface area contributed by atoms with E-state index in [9.17, 15) is 4.79 Å². The van der Waals surface area contributed by atoms with Crippen LogP contribution >= 0.6 is 0 Å². The number of aromatic nitrogens is 1. The second kappa shape index (κ2) is 7.84. The molecule has 1 N–H and O–H groups in total. The molecule has 0 unspecified atom stereocenters. The monoisotopic (exact) mass is 360 g/mol. The summed E-state index contributed by atoms with van der Waals surface area (Å²) in [6.45, 7) is 4.64. The zero-order valence-electron chi connectivity index (χ0n) is 15.6. The van der Waals surface area contributed by atoms with Crippen LogP contribution in [0.3, 0.4) is 0 Å². The lowest BCUT2D eigenvalue weighted by Gasteiger charge is -2.29. The minimum absolute atomic E-state index is 0.0662. The van der Waals surface area contributed by atoms with Crippen molar-refractivity contribution in [1.82, 2.24) is 15.3 Å². The van der Waals surface area contributed by atoms with Gasteiger partial charge >= 0.3 is 0 Å². The van der Waals surface area contributed by atoms with Crippen LogP contribution in [0.1, 0.15) is 25.3 Å². The van der Waals surface area contributed by atoms with Crippen molar-refractivity contribution in [3.05, 3.63) is 54.1 Å². The Labute approximate surface area is 159 Å². The first-order valence-corrected chi connectivity index (χ1v) is 9.52. The highest BCUT2D eigenvalue weighted by atomic mass is 16.2. The third-order valence-corrected chi connectivity index (χ3v) is 5.26. The molecule has 1 aliphatic rings. The predicted molar refractivity (Wildman–Crippen MR) is 110 cm³/mol. The Morgan fingerprint density at radius 2 is 1.70 bits per heavy atom. The molecule has 2 aromatic carbocycles. The molecule has 1 saturated heterocycles. The summed E-state index contributed by atoms with van der Waals surface area (Å²) in [7, 11) is 0. The van der Waals surface area contributed by atoms with Crippen molar-refractivity contribution < 1.29 is 4.79 Å². The van der Waals surface area contributed by atoms with Gasteiger partial charge in [0.25, 0.3) is 5.91 Å². The Balaban J connectivity index is 1.52. The number of hydrazone groups is 1. The minimum atomic E-state index is -0.0662. The Morgan fingerprint density at radius 1 is 1.11 bits per heavy atom. The van der Waals surface area contributed by atoms with E-state index in [1.54, 1.807) is 6.21 Å². The standard InChI is InChI=1S/C22H24N4O/c1-16-10-12-26(13-11-16)15-22(27)25-23-14-19-17-6-2-4-8-20(17)24-21-9-5-3-7-18(19)21/h2-9,14,16H,10-13,15H2,1H3,(H,25,27)/b23-14+. The van der Waals surface area contributed by atoms with Crippen molar-refractivity contribution >= 4 is 33.9 Å². The second-order valence-corrected chi connectivity index (χ2v) is 7.31. The maximum absolute atomic E-state index is 12.2. The highest BCUT2D eigenvalue weighted by molar-refractivity contribution is 6.10. The molecule has 2 heterocycles. The fourth-order valence-electron chi connectivity index (χ4n) is 3.64. The SMILES string of the molecule is CC1CCN(CC(=O)N/N=C/c2c3ccccc3nc3ccccc23)CC1. The van der Waals surface area contributed by atoms with Crippen LogP contribution in [0.4, 0.5) is 0 Å². The van der Waals surface area contributed by atoms with Gasteiger partial charge in [-0.25, -0.2) is 10.4 Å². The predicted octanol–water partition coefficient (Wildman–Crippen LogP) is 3.57. The van der Waals surface area contributed by atoms with Crippen LogP contribution < -0.4 is 5.43 Å². The van der Waals surface area contributed by atoms with E-state index in [0.29, 0.717) is 6.54 Å². The molecule has 0 radical (unpaired) electrons. The zero-order valence-corrected chi connectivity index (χ0v) is 15.6. The van der Waals surface area contributed by atoms with Crippen molar-refractivity contribution in [2.24, 2.45) is 11.0 Å². The minimum Gasteiger partial charge on any atom is -0.294 e. The number of nitrogens with zero attached hydrogens (tertiary/aromatic N) is 3. The lowest BCUT2D eigenvalue weighted by molar-refractivity contribution is -0.122. The van der Waals surface area contributed by atoms with E-state index < -0.39 is 0 Å². The molecule has 138 valence electrons. The fourth-order valence-corrected chi connectivity index (χ4v) is 3.64. The molecule has 1 aromatic heterocycles. The van der Waals surface area contributed by atoms with Gasteiger partial charge in [-0.05, 0) is 44.0 Å². The Morgan fingerprint density at radius 3 is 2.33 bits per heavy atom. The van der Waals surface area contributed by atoms with E-state index in [0.717, 1.165) is 59.2 Å². The topological polar surface area (TPSA) is 57.6 Å². The molecule has 0 atom stereocenters. The number of nitrogens with one attached hydrogen (secondary N) is 1. The van der Waals surface area contributed by atoms with E-state index in [2.05, 4.69) is 22.4 Å². The summed E-state index contributed by atoms with van der Waals surface area (Å²) in [5.74, 6) is 0.694. The average Bonchev–Trinajstić information content (AvgIpc) is 2.69. The van der Waals surface area contributed by atoms with Crippen LogP contribution in [0.25, 0.3) is 21.8 Å². The molecule has 5 heteroatoms. The van der Waals surface area contributed by atoms with E-state index in [-0.39, 0.29) is 5.91 Å². The Kier molecular flexibility index (Phi) is 5.12. The van der Waals surface area contributed by atoms with E-state index in [1.165, 1.54) is 0 Å². The van der Waals surface area contributed by atoms with Crippen molar-refractivity contribution in [2.75, 3.05) is 19.6 Å². The highest BCUT2D eigenvalue weighted by Gasteiger charge is 2.17. The molecule has 4 rings (SSSR count). The number of hydrogen-bond donors (Lipinski definition) is 1. The largest absolute Gasteiger partial charge is 0.294 e. The second-order valence-electron chi connectivity index (χ2n) is 7.31. The number of piperidine rings is 1. The molecule has 0 aliphatic carbocycles. The third kappa shape index (κ3) is 3.98. The van der Waals surface area contributed by atoms with Gasteiger partial charge in [-0.15, -0.1) is 0 Å². The molecule has 0 bridgehead atoms. The van der Waals surface area contributed by atoms with E-state index >= 15 is 0 Å². The Bertz CT molecular complexity index is 936. The van der Waals surface area contributed by atoms with E-state index in [4.69, 9.17) is 4.98 Å². The number of carbonyl (C=O) groups excluding carboxylic acids is 1. The smallest absolute Gasteiger partial charge is 0.254 e. The van der Waals surface area contributed by atoms with Gasteiger partial charge in [-0.2, -0.15) is 5.10 Å². The molecule has 0 saturated carbocycles. The molecule has 3 aromatic rings. The van der Waals surface area contributed by atoms with Gasteiger partial charge < -0.3 is 0 Å². The zero-order chi connectivity index (χ0) is 18.6. The number of benzene rings is 2. The van der Waals surface area contributed by atoms with Gasteiger partial charge in [0.05, 0.1) is 23.8 Å². The molecule has 1 aliphatic heterocycles. The number of pyridine rings is 1. The van der Waals surface area contributed by atoms with Crippen LogP contribution in [0.2, 0.25) is 0 Å². The number of para-hydroxylation sites is 2. The summed E-state index contributed by atoms with van der Waals surface area (Å²) >= 11 is 0. The molecular formula is C22H24N4O. The molecule has 1 fully saturated rings. The average molecular weight is 360 g/mol. The van der Waals surface area contributed by atoms with Gasteiger partial charge in [0, 0.05) is 16.3 Å². The van der Waals surface area contributed by atoms with Crippen LogP contribution in [0.15, 0.2) is 53.6 Å². The van der Waals surface area contributed by atoms with Gasteiger partial charge in [-0.3, -0.25) is 9.69 Å². The lowest BCUT2D eigenvalue weighted by Crippen LogP contribution is -2.40. The maximum atomic E-state index is 12.2. The summed E-state index contributed by atoms with van der Waals surface area (Å²) < 4.78 is 0. The number of rotatable bonds is 4. The van der Waals surface area contributed by atoms with Gasteiger partial charge in [-0.1, -0.05) is 43.3 Å². The fraction of sp³-hybridized carbons (Fsp3) is 0.318.